The number of hydrogen-bond acceptors (Lipinski definition) is 5. The lowest BCUT2D eigenvalue weighted by Gasteiger charge is -2.21. The van der Waals surface area contributed by atoms with Crippen LogP contribution in [0, 0.1) is 0 Å². The highest BCUT2D eigenvalue weighted by Crippen LogP contribution is 2.30. The average Bonchev–Trinajstić information content (AvgIpc) is 2.70. The first-order valence-corrected chi connectivity index (χ1v) is 10.5. The van der Waals surface area contributed by atoms with Gasteiger partial charge in [0.2, 0.25) is 10.0 Å². The number of benzene rings is 2. The molecule has 0 heterocycles. The fourth-order valence-electron chi connectivity index (χ4n) is 2.73. The molecule has 0 bridgehead atoms. The first-order valence-electron chi connectivity index (χ1n) is 9.09. The molecule has 2 rings (SSSR count). The van der Waals surface area contributed by atoms with Crippen molar-refractivity contribution in [3.63, 3.8) is 0 Å². The maximum atomic E-state index is 13.0. The molecule has 0 aliphatic carbocycles. The van der Waals surface area contributed by atoms with Crippen LogP contribution in [0.15, 0.2) is 47.4 Å². The van der Waals surface area contributed by atoms with Crippen molar-refractivity contribution in [2.45, 2.75) is 25.7 Å². The van der Waals surface area contributed by atoms with E-state index in [1.807, 2.05) is 0 Å². The summed E-state index contributed by atoms with van der Waals surface area (Å²) in [5.74, 6) is 0.451. The van der Waals surface area contributed by atoms with E-state index in [0.717, 1.165) is 0 Å². The average molecular weight is 407 g/mol. The van der Waals surface area contributed by atoms with Gasteiger partial charge in [-0.3, -0.25) is 4.79 Å². The third-order valence-corrected chi connectivity index (χ3v) is 6.23. The maximum absolute atomic E-state index is 13.0. The number of methoxy groups -OCH3 is 1. The van der Waals surface area contributed by atoms with E-state index in [1.165, 1.54) is 17.5 Å². The van der Waals surface area contributed by atoms with Crippen molar-refractivity contribution in [1.29, 1.82) is 0 Å². The van der Waals surface area contributed by atoms with E-state index >= 15 is 0 Å². The van der Waals surface area contributed by atoms with Gasteiger partial charge in [0.25, 0.3) is 5.91 Å². The summed E-state index contributed by atoms with van der Waals surface area (Å²) in [4.78, 5) is 12.6. The zero-order valence-corrected chi connectivity index (χ0v) is 17.4. The number of rotatable bonds is 9. The molecule has 2 aromatic rings. The lowest BCUT2D eigenvalue weighted by Crippen LogP contribution is -2.31. The molecule has 0 radical (unpaired) electrons. The lowest BCUT2D eigenvalue weighted by atomic mass is 10.2. The molecule has 2 aromatic carbocycles. The van der Waals surface area contributed by atoms with Gasteiger partial charge in [0.15, 0.2) is 0 Å². The molecule has 1 N–H and O–H groups in total. The molecule has 0 unspecified atom stereocenters. The van der Waals surface area contributed by atoms with Gasteiger partial charge in [-0.1, -0.05) is 19.9 Å². The summed E-state index contributed by atoms with van der Waals surface area (Å²) < 4.78 is 38.0. The highest BCUT2D eigenvalue weighted by Gasteiger charge is 2.26. The van der Waals surface area contributed by atoms with E-state index in [-0.39, 0.29) is 16.6 Å². The van der Waals surface area contributed by atoms with E-state index in [9.17, 15) is 13.2 Å². The summed E-state index contributed by atoms with van der Waals surface area (Å²) in [6, 6.07) is 11.3. The normalized spacial score (nSPS) is 11.3. The van der Waals surface area contributed by atoms with Crippen molar-refractivity contribution >= 4 is 21.6 Å². The molecule has 0 atom stereocenters. The molecular weight excluding hydrogens is 380 g/mol. The molecule has 28 heavy (non-hydrogen) atoms. The van der Waals surface area contributed by atoms with Gasteiger partial charge in [0.1, 0.15) is 16.4 Å². The molecular formula is C20H26N2O5S. The third-order valence-electron chi connectivity index (χ3n) is 4.16. The topological polar surface area (TPSA) is 84.9 Å². The summed E-state index contributed by atoms with van der Waals surface area (Å²) in [6.45, 7) is 6.34. The smallest absolute Gasteiger partial charge is 0.255 e. The zero-order chi connectivity index (χ0) is 20.7. The fourth-order valence-corrected chi connectivity index (χ4v) is 4.35. The van der Waals surface area contributed by atoms with Gasteiger partial charge in [0, 0.05) is 24.3 Å². The number of nitrogens with one attached hydrogen (secondary N) is 1. The molecule has 0 saturated heterocycles. The van der Waals surface area contributed by atoms with Crippen LogP contribution in [0.4, 0.5) is 5.69 Å². The van der Waals surface area contributed by atoms with Crippen molar-refractivity contribution in [1.82, 2.24) is 4.31 Å². The Kier molecular flexibility index (Phi) is 7.42. The minimum atomic E-state index is -3.75. The van der Waals surface area contributed by atoms with Gasteiger partial charge in [-0.2, -0.15) is 4.31 Å². The van der Waals surface area contributed by atoms with E-state index in [0.29, 0.717) is 36.7 Å². The number of amides is 1. The van der Waals surface area contributed by atoms with E-state index in [4.69, 9.17) is 9.47 Å². The highest BCUT2D eigenvalue weighted by molar-refractivity contribution is 7.89. The van der Waals surface area contributed by atoms with Crippen LogP contribution in [-0.2, 0) is 10.0 Å². The Bertz CT molecular complexity index is 924. The molecule has 0 spiro atoms. The van der Waals surface area contributed by atoms with Crippen LogP contribution < -0.4 is 14.8 Å². The van der Waals surface area contributed by atoms with Crippen molar-refractivity contribution < 1.29 is 22.7 Å². The van der Waals surface area contributed by atoms with Crippen LogP contribution >= 0.6 is 0 Å². The molecule has 0 aliphatic rings. The fraction of sp³-hybridized carbons (Fsp3) is 0.350. The summed E-state index contributed by atoms with van der Waals surface area (Å²) >= 11 is 0. The number of nitrogens with zero attached hydrogens (tertiary/aromatic N) is 1. The van der Waals surface area contributed by atoms with E-state index < -0.39 is 10.0 Å². The van der Waals surface area contributed by atoms with Crippen LogP contribution in [0.25, 0.3) is 0 Å². The minimum Gasteiger partial charge on any atom is -0.497 e. The summed E-state index contributed by atoms with van der Waals surface area (Å²) in [5.41, 5.74) is 0.767. The van der Waals surface area contributed by atoms with Gasteiger partial charge >= 0.3 is 0 Å². The Labute approximate surface area is 166 Å². The van der Waals surface area contributed by atoms with Crippen LogP contribution in [0.3, 0.4) is 0 Å². The first-order chi connectivity index (χ1) is 13.4. The molecule has 152 valence electrons. The second-order valence-corrected chi connectivity index (χ2v) is 7.78. The van der Waals surface area contributed by atoms with Gasteiger partial charge in [-0.25, -0.2) is 8.42 Å². The summed E-state index contributed by atoms with van der Waals surface area (Å²) in [7, 11) is -2.23. The zero-order valence-electron chi connectivity index (χ0n) is 16.6. The molecule has 7 nitrogen and oxygen atoms in total. The Morgan fingerprint density at radius 1 is 1.07 bits per heavy atom. The number of carbonyl (C=O) groups is 1. The quantitative estimate of drug-likeness (QED) is 0.690. The van der Waals surface area contributed by atoms with Crippen molar-refractivity contribution in [2.24, 2.45) is 0 Å². The van der Waals surface area contributed by atoms with Crippen LogP contribution in [0.2, 0.25) is 0 Å². The lowest BCUT2D eigenvalue weighted by molar-refractivity contribution is 0.102. The van der Waals surface area contributed by atoms with Crippen molar-refractivity contribution in [3.05, 3.63) is 48.0 Å². The first kappa shape index (κ1) is 21.7. The van der Waals surface area contributed by atoms with Crippen LogP contribution in [0.5, 0.6) is 11.5 Å². The minimum absolute atomic E-state index is 0.0292. The van der Waals surface area contributed by atoms with Crippen molar-refractivity contribution in [3.8, 4) is 11.5 Å². The highest BCUT2D eigenvalue weighted by atomic mass is 32.2. The van der Waals surface area contributed by atoms with E-state index in [2.05, 4.69) is 5.32 Å². The van der Waals surface area contributed by atoms with Crippen LogP contribution in [0.1, 0.15) is 31.1 Å². The molecule has 0 saturated carbocycles. The number of ether oxygens (including phenoxy) is 2. The standard InChI is InChI=1S/C20H26N2O5S/c1-5-22(6-2)28(24,25)19-14-16(11-12-18(19)27-7-3)21-20(23)15-9-8-10-17(13-15)26-4/h8-14H,5-7H2,1-4H3,(H,21,23). The number of sulfonamides is 1. The maximum Gasteiger partial charge on any atom is 0.255 e. The van der Waals surface area contributed by atoms with Crippen LogP contribution in [-0.4, -0.2) is 45.4 Å². The molecule has 1 amide bonds. The molecule has 0 fully saturated rings. The number of carbonyl (C=O) groups excluding carboxylic acids is 1. The monoisotopic (exact) mass is 406 g/mol. The second-order valence-electron chi connectivity index (χ2n) is 5.87. The third kappa shape index (κ3) is 4.82. The molecule has 8 heteroatoms. The largest absolute Gasteiger partial charge is 0.497 e. The second kappa shape index (κ2) is 9.57. The summed E-state index contributed by atoms with van der Waals surface area (Å²) in [5, 5.41) is 2.73. The van der Waals surface area contributed by atoms with Gasteiger partial charge in [-0.05, 0) is 43.3 Å². The van der Waals surface area contributed by atoms with Crippen molar-refractivity contribution in [2.75, 3.05) is 32.1 Å². The Balaban J connectivity index is 2.40. The predicted molar refractivity (Wildman–Crippen MR) is 109 cm³/mol. The molecule has 0 aliphatic heterocycles. The molecule has 0 aromatic heterocycles. The summed E-state index contributed by atoms with van der Waals surface area (Å²) in [6.07, 6.45) is 0. The Morgan fingerprint density at radius 2 is 1.79 bits per heavy atom. The van der Waals surface area contributed by atoms with E-state index in [1.54, 1.807) is 57.2 Å². The Hall–Kier alpha value is -2.58. The Morgan fingerprint density at radius 3 is 2.39 bits per heavy atom. The van der Waals surface area contributed by atoms with Gasteiger partial charge in [-0.15, -0.1) is 0 Å². The number of anilines is 1. The SMILES string of the molecule is CCOc1ccc(NC(=O)c2cccc(OC)c2)cc1S(=O)(=O)N(CC)CC. The van der Waals surface area contributed by atoms with Gasteiger partial charge in [0.05, 0.1) is 13.7 Å². The number of hydrogen-bond donors (Lipinski definition) is 1. The predicted octanol–water partition coefficient (Wildman–Crippen LogP) is 3.38. The van der Waals surface area contributed by atoms with Gasteiger partial charge < -0.3 is 14.8 Å².